The molecule has 82 valence electrons. The van der Waals surface area contributed by atoms with E-state index in [-0.39, 0.29) is 6.42 Å². The van der Waals surface area contributed by atoms with Crippen molar-refractivity contribution in [2.45, 2.75) is 12.5 Å². The summed E-state index contributed by atoms with van der Waals surface area (Å²) < 4.78 is 0. The molecule has 16 heavy (non-hydrogen) atoms. The van der Waals surface area contributed by atoms with Crippen LogP contribution >= 0.6 is 0 Å². The topological polar surface area (TPSA) is 57.5 Å². The molecule has 0 aromatic heterocycles. The summed E-state index contributed by atoms with van der Waals surface area (Å²) in [4.78, 5) is 10.1. The van der Waals surface area contributed by atoms with E-state index >= 15 is 0 Å². The average Bonchev–Trinajstić information content (AvgIpc) is 2.27. The van der Waals surface area contributed by atoms with Gasteiger partial charge >= 0.3 is 5.97 Å². The molecule has 0 heterocycles. The van der Waals surface area contributed by atoms with Crippen molar-refractivity contribution >= 4 is 12.0 Å². The molecule has 0 aliphatic rings. The molecule has 1 aromatic carbocycles. The maximum atomic E-state index is 10.1. The Hall–Kier alpha value is -2.05. The quantitative estimate of drug-likeness (QED) is 0.753. The Kier molecular flexibility index (Phi) is 4.84. The summed E-state index contributed by atoms with van der Waals surface area (Å²) in [5.41, 5.74) is 0.979. The first kappa shape index (κ1) is 12.0. The summed E-state index contributed by atoms with van der Waals surface area (Å²) in [5.74, 6) is 3.14. The maximum Gasteiger partial charge on any atom is 0.381 e. The van der Waals surface area contributed by atoms with Gasteiger partial charge in [-0.15, -0.1) is 0 Å². The Labute approximate surface area is 94.0 Å². The lowest BCUT2D eigenvalue weighted by Crippen LogP contribution is -2.00. The van der Waals surface area contributed by atoms with Crippen molar-refractivity contribution in [1.82, 2.24) is 0 Å². The third-order valence-corrected chi connectivity index (χ3v) is 1.82. The van der Waals surface area contributed by atoms with Crippen molar-refractivity contribution in [3.8, 4) is 11.8 Å². The van der Waals surface area contributed by atoms with Gasteiger partial charge in [-0.3, -0.25) is 0 Å². The summed E-state index contributed by atoms with van der Waals surface area (Å²) in [7, 11) is 0. The SMILES string of the molecule is O=C(O)C#CC[C@@H](O)/C=C/c1ccccc1. The fraction of sp³-hybridized carbons (Fsp3) is 0.154. The maximum absolute atomic E-state index is 10.1. The Morgan fingerprint density at radius 3 is 2.69 bits per heavy atom. The first-order valence-corrected chi connectivity index (χ1v) is 4.81. The van der Waals surface area contributed by atoms with Crippen molar-refractivity contribution in [3.05, 3.63) is 42.0 Å². The number of aliphatic carboxylic acids is 1. The summed E-state index contributed by atoms with van der Waals surface area (Å²) >= 11 is 0. The molecule has 0 amide bonds. The van der Waals surface area contributed by atoms with Gasteiger partial charge in [0, 0.05) is 12.3 Å². The lowest BCUT2D eigenvalue weighted by atomic mass is 10.1. The van der Waals surface area contributed by atoms with E-state index in [4.69, 9.17) is 5.11 Å². The normalized spacial score (nSPS) is 11.8. The van der Waals surface area contributed by atoms with Crippen LogP contribution in [-0.2, 0) is 4.79 Å². The second kappa shape index (κ2) is 6.44. The molecule has 3 heteroatoms. The van der Waals surface area contributed by atoms with E-state index in [2.05, 4.69) is 5.92 Å². The Bertz CT molecular complexity index is 423. The third-order valence-electron chi connectivity index (χ3n) is 1.82. The van der Waals surface area contributed by atoms with E-state index in [1.54, 1.807) is 12.2 Å². The fourth-order valence-corrected chi connectivity index (χ4v) is 1.09. The molecule has 0 spiro atoms. The number of aliphatic hydroxyl groups excluding tert-OH is 1. The van der Waals surface area contributed by atoms with Crippen LogP contribution in [0.3, 0.4) is 0 Å². The summed E-state index contributed by atoms with van der Waals surface area (Å²) in [6, 6.07) is 9.52. The highest BCUT2D eigenvalue weighted by Gasteiger charge is 1.95. The Morgan fingerprint density at radius 2 is 2.06 bits per heavy atom. The molecule has 1 rings (SSSR count). The van der Waals surface area contributed by atoms with Crippen LogP contribution < -0.4 is 0 Å². The minimum Gasteiger partial charge on any atom is -0.472 e. The standard InChI is InChI=1S/C13H12O3/c14-12(7-4-8-13(15)16)10-9-11-5-2-1-3-6-11/h1-3,5-6,9-10,12,14H,7H2,(H,15,16)/b10-9+/t12-/m1/s1. The van der Waals surface area contributed by atoms with Crippen LogP contribution in [0.2, 0.25) is 0 Å². The van der Waals surface area contributed by atoms with Crippen molar-refractivity contribution in [1.29, 1.82) is 0 Å². The predicted octanol–water partition coefficient (Wildman–Crippen LogP) is 1.54. The number of rotatable bonds is 3. The molecule has 1 aromatic rings. The van der Waals surface area contributed by atoms with Gasteiger partial charge < -0.3 is 10.2 Å². The number of hydrogen-bond donors (Lipinski definition) is 2. The van der Waals surface area contributed by atoms with Gasteiger partial charge in [0.1, 0.15) is 0 Å². The van der Waals surface area contributed by atoms with Crippen LogP contribution in [0.4, 0.5) is 0 Å². The van der Waals surface area contributed by atoms with Gasteiger partial charge in [0.15, 0.2) is 0 Å². The molecular weight excluding hydrogens is 204 g/mol. The predicted molar refractivity (Wildman–Crippen MR) is 61.5 cm³/mol. The van der Waals surface area contributed by atoms with E-state index < -0.39 is 12.1 Å². The lowest BCUT2D eigenvalue weighted by Gasteiger charge is -1.98. The molecule has 0 bridgehead atoms. The highest BCUT2D eigenvalue weighted by atomic mass is 16.4. The molecule has 0 aliphatic heterocycles. The number of benzene rings is 1. The molecule has 0 radical (unpaired) electrons. The van der Waals surface area contributed by atoms with Crippen LogP contribution in [0.15, 0.2) is 36.4 Å². The van der Waals surface area contributed by atoms with E-state index in [9.17, 15) is 9.90 Å². The first-order chi connectivity index (χ1) is 7.68. The summed E-state index contributed by atoms with van der Waals surface area (Å²) in [5, 5.41) is 17.7. The van der Waals surface area contributed by atoms with Crippen LogP contribution in [0.25, 0.3) is 6.08 Å². The molecule has 0 aliphatic carbocycles. The second-order valence-corrected chi connectivity index (χ2v) is 3.15. The molecule has 1 atom stereocenters. The minimum atomic E-state index is -1.18. The average molecular weight is 216 g/mol. The number of carboxylic acids is 1. The number of hydrogen-bond acceptors (Lipinski definition) is 2. The lowest BCUT2D eigenvalue weighted by molar-refractivity contribution is -0.130. The molecule has 0 saturated heterocycles. The van der Waals surface area contributed by atoms with Crippen molar-refractivity contribution in [2.24, 2.45) is 0 Å². The summed E-state index contributed by atoms with van der Waals surface area (Å²) in [6.45, 7) is 0. The molecule has 0 fully saturated rings. The Morgan fingerprint density at radius 1 is 1.38 bits per heavy atom. The zero-order valence-electron chi connectivity index (χ0n) is 8.63. The van der Waals surface area contributed by atoms with Gasteiger partial charge in [0.25, 0.3) is 0 Å². The van der Waals surface area contributed by atoms with Gasteiger partial charge in [-0.25, -0.2) is 4.79 Å². The van der Waals surface area contributed by atoms with E-state index in [0.717, 1.165) is 5.56 Å². The van der Waals surface area contributed by atoms with Gasteiger partial charge in [-0.1, -0.05) is 48.4 Å². The fourth-order valence-electron chi connectivity index (χ4n) is 1.09. The molecule has 3 nitrogen and oxygen atoms in total. The van der Waals surface area contributed by atoms with Gasteiger partial charge in [0.05, 0.1) is 6.10 Å². The highest BCUT2D eigenvalue weighted by Crippen LogP contribution is 2.03. The van der Waals surface area contributed by atoms with Crippen molar-refractivity contribution in [3.63, 3.8) is 0 Å². The Balaban J connectivity index is 2.47. The molecular formula is C13H12O3. The largest absolute Gasteiger partial charge is 0.472 e. The highest BCUT2D eigenvalue weighted by molar-refractivity contribution is 5.86. The zero-order chi connectivity index (χ0) is 11.8. The van der Waals surface area contributed by atoms with Crippen LogP contribution in [0.5, 0.6) is 0 Å². The zero-order valence-corrected chi connectivity index (χ0v) is 8.63. The number of carbonyl (C=O) groups is 1. The van der Waals surface area contributed by atoms with Crippen LogP contribution in [0, 0.1) is 11.8 Å². The second-order valence-electron chi connectivity index (χ2n) is 3.15. The van der Waals surface area contributed by atoms with E-state index in [1.807, 2.05) is 36.3 Å². The van der Waals surface area contributed by atoms with Crippen molar-refractivity contribution in [2.75, 3.05) is 0 Å². The first-order valence-electron chi connectivity index (χ1n) is 4.81. The molecule has 0 unspecified atom stereocenters. The summed E-state index contributed by atoms with van der Waals surface area (Å²) in [6.07, 6.45) is 2.74. The van der Waals surface area contributed by atoms with Gasteiger partial charge in [-0.05, 0) is 5.56 Å². The van der Waals surface area contributed by atoms with E-state index in [1.165, 1.54) is 0 Å². The van der Waals surface area contributed by atoms with Gasteiger partial charge in [0.2, 0.25) is 0 Å². The number of aliphatic hydroxyl groups is 1. The monoisotopic (exact) mass is 216 g/mol. The van der Waals surface area contributed by atoms with Crippen LogP contribution in [-0.4, -0.2) is 22.3 Å². The smallest absolute Gasteiger partial charge is 0.381 e. The van der Waals surface area contributed by atoms with Gasteiger partial charge in [-0.2, -0.15) is 0 Å². The third kappa shape index (κ3) is 4.99. The molecule has 2 N–H and O–H groups in total. The minimum absolute atomic E-state index is 0.121. The van der Waals surface area contributed by atoms with Crippen molar-refractivity contribution < 1.29 is 15.0 Å². The van der Waals surface area contributed by atoms with E-state index in [0.29, 0.717) is 0 Å². The number of carboxylic acid groups (broad SMARTS) is 1. The van der Waals surface area contributed by atoms with Crippen LogP contribution in [0.1, 0.15) is 12.0 Å². The molecule has 0 saturated carbocycles.